The van der Waals surface area contributed by atoms with Gasteiger partial charge in [0.2, 0.25) is 0 Å². The zero-order chi connectivity index (χ0) is 11.7. The first kappa shape index (κ1) is 12.0. The van der Waals surface area contributed by atoms with Crippen molar-refractivity contribution in [2.75, 3.05) is 0 Å². The van der Waals surface area contributed by atoms with Gasteiger partial charge in [-0.3, -0.25) is 4.98 Å². The van der Waals surface area contributed by atoms with E-state index in [9.17, 15) is 0 Å². The maximum Gasteiger partial charge on any atom is 0.0778 e. The molecule has 82 valence electrons. The Kier molecular flexibility index (Phi) is 3.60. The number of benzene rings is 1. The first-order valence-electron chi connectivity index (χ1n) is 4.34. The molecule has 16 heavy (non-hydrogen) atoms. The predicted molar refractivity (Wildman–Crippen MR) is 69.7 cm³/mol. The minimum absolute atomic E-state index is 0.348. The van der Waals surface area contributed by atoms with Crippen LogP contribution in [-0.4, -0.2) is 4.98 Å². The summed E-state index contributed by atoms with van der Waals surface area (Å²) in [5.41, 5.74) is 1.54. The number of nitrogens with zero attached hydrogens (tertiary/aromatic N) is 1. The molecule has 1 aromatic heterocycles. The summed E-state index contributed by atoms with van der Waals surface area (Å²) < 4.78 is 0. The van der Waals surface area contributed by atoms with E-state index >= 15 is 0 Å². The van der Waals surface area contributed by atoms with Gasteiger partial charge in [-0.1, -0.05) is 46.4 Å². The summed E-state index contributed by atoms with van der Waals surface area (Å²) >= 11 is 23.5. The standard InChI is InChI=1S/C11H5Cl4N/c12-7-1-2-10(16-5-7)6-3-8(13)11(15)9(14)4-6/h1-5H. The molecule has 0 aliphatic heterocycles. The van der Waals surface area contributed by atoms with Crippen molar-refractivity contribution in [2.45, 2.75) is 0 Å². The maximum absolute atomic E-state index is 5.93. The van der Waals surface area contributed by atoms with Crippen molar-refractivity contribution in [3.05, 3.63) is 50.6 Å². The Bertz CT molecular complexity index is 499. The Morgan fingerprint density at radius 1 is 0.875 bits per heavy atom. The van der Waals surface area contributed by atoms with Gasteiger partial charge in [-0.15, -0.1) is 0 Å². The molecule has 0 bridgehead atoms. The van der Waals surface area contributed by atoms with Crippen molar-refractivity contribution >= 4 is 46.4 Å². The van der Waals surface area contributed by atoms with Gasteiger partial charge in [0, 0.05) is 11.8 Å². The summed E-state index contributed by atoms with van der Waals surface area (Å²) in [5, 5.41) is 1.73. The van der Waals surface area contributed by atoms with Gasteiger partial charge < -0.3 is 0 Å². The van der Waals surface area contributed by atoms with E-state index in [1.54, 1.807) is 30.5 Å². The maximum atomic E-state index is 5.93. The van der Waals surface area contributed by atoms with Gasteiger partial charge >= 0.3 is 0 Å². The van der Waals surface area contributed by atoms with Crippen LogP contribution in [0.5, 0.6) is 0 Å². The molecule has 0 atom stereocenters. The average Bonchev–Trinajstić information content (AvgIpc) is 2.26. The molecule has 2 rings (SSSR count). The van der Waals surface area contributed by atoms with Gasteiger partial charge in [0.15, 0.2) is 0 Å². The Hall–Kier alpha value is -0.470. The fourth-order valence-electron chi connectivity index (χ4n) is 1.25. The zero-order valence-electron chi connectivity index (χ0n) is 7.85. The van der Waals surface area contributed by atoms with Crippen LogP contribution in [0, 0.1) is 0 Å². The summed E-state index contributed by atoms with van der Waals surface area (Å²) in [4.78, 5) is 4.17. The van der Waals surface area contributed by atoms with Crippen LogP contribution < -0.4 is 0 Å². The molecule has 5 heteroatoms. The fraction of sp³-hybridized carbons (Fsp3) is 0. The molecule has 0 fully saturated rings. The minimum atomic E-state index is 0.348. The second-order valence-electron chi connectivity index (χ2n) is 3.12. The summed E-state index contributed by atoms with van der Waals surface area (Å²) in [5.74, 6) is 0. The zero-order valence-corrected chi connectivity index (χ0v) is 10.9. The van der Waals surface area contributed by atoms with E-state index in [1.807, 2.05) is 0 Å². The molecule has 0 radical (unpaired) electrons. The highest BCUT2D eigenvalue weighted by molar-refractivity contribution is 6.48. The third kappa shape index (κ3) is 2.44. The quantitative estimate of drug-likeness (QED) is 0.645. The van der Waals surface area contributed by atoms with Crippen LogP contribution in [-0.2, 0) is 0 Å². The molecule has 0 spiro atoms. The molecular formula is C11H5Cl4N. The molecule has 0 amide bonds. The summed E-state index contributed by atoms with van der Waals surface area (Å²) in [7, 11) is 0. The topological polar surface area (TPSA) is 12.9 Å². The lowest BCUT2D eigenvalue weighted by Crippen LogP contribution is -1.84. The van der Waals surface area contributed by atoms with Crippen molar-refractivity contribution < 1.29 is 0 Å². The van der Waals surface area contributed by atoms with E-state index in [2.05, 4.69) is 4.98 Å². The van der Waals surface area contributed by atoms with Crippen LogP contribution in [0.4, 0.5) is 0 Å². The summed E-state index contributed by atoms with van der Waals surface area (Å²) in [6.07, 6.45) is 1.56. The smallest absolute Gasteiger partial charge is 0.0778 e. The molecule has 0 unspecified atom stereocenters. The highest BCUT2D eigenvalue weighted by atomic mass is 35.5. The second kappa shape index (κ2) is 4.80. The molecule has 0 N–H and O–H groups in total. The van der Waals surface area contributed by atoms with Crippen molar-refractivity contribution in [1.82, 2.24) is 4.98 Å². The van der Waals surface area contributed by atoms with Gasteiger partial charge in [-0.05, 0) is 24.3 Å². The van der Waals surface area contributed by atoms with Crippen LogP contribution in [0.1, 0.15) is 0 Å². The number of hydrogen-bond donors (Lipinski definition) is 0. The molecule has 0 saturated carbocycles. The summed E-state index contributed by atoms with van der Waals surface area (Å²) in [6.45, 7) is 0. The molecule has 0 aliphatic carbocycles. The Morgan fingerprint density at radius 3 is 2.00 bits per heavy atom. The molecule has 1 aromatic carbocycles. The molecule has 2 aromatic rings. The van der Waals surface area contributed by atoms with Crippen molar-refractivity contribution in [2.24, 2.45) is 0 Å². The number of halogens is 4. The van der Waals surface area contributed by atoms with E-state index in [4.69, 9.17) is 46.4 Å². The molecule has 1 nitrogen and oxygen atoms in total. The lowest BCUT2D eigenvalue weighted by Gasteiger charge is -2.04. The number of aromatic nitrogens is 1. The SMILES string of the molecule is Clc1ccc(-c2cc(Cl)c(Cl)c(Cl)c2)nc1. The fourth-order valence-corrected chi connectivity index (χ4v) is 1.96. The van der Waals surface area contributed by atoms with Gasteiger partial charge in [-0.25, -0.2) is 0 Å². The first-order chi connectivity index (χ1) is 7.58. The first-order valence-corrected chi connectivity index (χ1v) is 5.85. The second-order valence-corrected chi connectivity index (χ2v) is 4.74. The Balaban J connectivity index is 2.52. The highest BCUT2D eigenvalue weighted by Gasteiger charge is 2.08. The third-order valence-electron chi connectivity index (χ3n) is 2.01. The molecule has 0 aliphatic rings. The van der Waals surface area contributed by atoms with E-state index in [0.29, 0.717) is 20.1 Å². The van der Waals surface area contributed by atoms with E-state index in [0.717, 1.165) is 11.3 Å². The number of hydrogen-bond acceptors (Lipinski definition) is 1. The van der Waals surface area contributed by atoms with Crippen molar-refractivity contribution in [3.63, 3.8) is 0 Å². The third-order valence-corrected chi connectivity index (χ3v) is 3.43. The van der Waals surface area contributed by atoms with E-state index in [-0.39, 0.29) is 0 Å². The predicted octanol–water partition coefficient (Wildman–Crippen LogP) is 5.36. The van der Waals surface area contributed by atoms with E-state index < -0.39 is 0 Å². The largest absolute Gasteiger partial charge is 0.255 e. The van der Waals surface area contributed by atoms with Crippen LogP contribution in [0.25, 0.3) is 11.3 Å². The average molecular weight is 293 g/mol. The van der Waals surface area contributed by atoms with E-state index in [1.165, 1.54) is 0 Å². The van der Waals surface area contributed by atoms with Gasteiger partial charge in [0.05, 0.1) is 25.8 Å². The molecule has 0 saturated heterocycles. The van der Waals surface area contributed by atoms with Gasteiger partial charge in [0.25, 0.3) is 0 Å². The monoisotopic (exact) mass is 291 g/mol. The highest BCUT2D eigenvalue weighted by Crippen LogP contribution is 2.34. The number of rotatable bonds is 1. The minimum Gasteiger partial charge on any atom is -0.255 e. The van der Waals surface area contributed by atoms with Crippen molar-refractivity contribution in [3.8, 4) is 11.3 Å². The Labute approximate surface area is 113 Å². The van der Waals surface area contributed by atoms with Gasteiger partial charge in [-0.2, -0.15) is 0 Å². The normalized spacial score (nSPS) is 10.5. The molecular weight excluding hydrogens is 288 g/mol. The van der Waals surface area contributed by atoms with Crippen LogP contribution in [0.2, 0.25) is 20.1 Å². The van der Waals surface area contributed by atoms with Crippen molar-refractivity contribution in [1.29, 1.82) is 0 Å². The lowest BCUT2D eigenvalue weighted by molar-refractivity contribution is 1.33. The summed E-state index contributed by atoms with van der Waals surface area (Å²) in [6, 6.07) is 6.97. The number of pyridine rings is 1. The van der Waals surface area contributed by atoms with Crippen LogP contribution in [0.15, 0.2) is 30.5 Å². The lowest BCUT2D eigenvalue weighted by atomic mass is 10.1. The van der Waals surface area contributed by atoms with Gasteiger partial charge in [0.1, 0.15) is 0 Å². The van der Waals surface area contributed by atoms with Crippen LogP contribution >= 0.6 is 46.4 Å². The Morgan fingerprint density at radius 2 is 1.50 bits per heavy atom. The molecule has 1 heterocycles. The van der Waals surface area contributed by atoms with Crippen LogP contribution in [0.3, 0.4) is 0 Å².